The van der Waals surface area contributed by atoms with Gasteiger partial charge in [0.1, 0.15) is 0 Å². The highest BCUT2D eigenvalue weighted by Crippen LogP contribution is 2.46. The number of aromatic amines is 1. The Morgan fingerprint density at radius 1 is 1.30 bits per heavy atom. The first-order chi connectivity index (χ1) is 15.7. The average molecular weight is 472 g/mol. The summed E-state index contributed by atoms with van der Waals surface area (Å²) in [6, 6.07) is 9.10. The molecule has 1 saturated heterocycles. The smallest absolute Gasteiger partial charge is 0.321 e. The van der Waals surface area contributed by atoms with Crippen molar-refractivity contribution in [1.29, 1.82) is 0 Å². The normalized spacial score (nSPS) is 16.1. The van der Waals surface area contributed by atoms with Gasteiger partial charge in [-0.15, -0.1) is 0 Å². The molecule has 4 rings (SSSR count). The molecule has 174 valence electrons. The molecule has 33 heavy (non-hydrogen) atoms. The van der Waals surface area contributed by atoms with Crippen molar-refractivity contribution in [2.45, 2.75) is 32.8 Å². The van der Waals surface area contributed by atoms with Crippen LogP contribution in [0.4, 0.5) is 16.2 Å². The first kappa shape index (κ1) is 23.0. The predicted octanol–water partition coefficient (Wildman–Crippen LogP) is 5.13. The third kappa shape index (κ3) is 4.65. The lowest BCUT2D eigenvalue weighted by Gasteiger charge is -2.43. The second kappa shape index (κ2) is 8.99. The molecule has 1 aliphatic rings. The van der Waals surface area contributed by atoms with E-state index >= 15 is 0 Å². The molecule has 2 aromatic carbocycles. The highest BCUT2D eigenvalue weighted by atomic mass is 35.5. The predicted molar refractivity (Wildman–Crippen MR) is 126 cm³/mol. The van der Waals surface area contributed by atoms with Crippen LogP contribution >= 0.6 is 11.6 Å². The minimum absolute atomic E-state index is 0.0262. The Kier molecular flexibility index (Phi) is 6.27. The molecule has 0 spiro atoms. The number of aliphatic hydroxyl groups is 1. The molecule has 0 unspecified atom stereocenters. The van der Waals surface area contributed by atoms with Gasteiger partial charge in [0.15, 0.2) is 0 Å². The minimum Gasteiger partial charge on any atom is -0.388 e. The molecule has 0 bridgehead atoms. The van der Waals surface area contributed by atoms with Crippen LogP contribution in [0, 0.1) is 21.4 Å². The van der Waals surface area contributed by atoms with E-state index in [9.17, 15) is 20.0 Å². The number of anilines is 1. The number of nitrogens with one attached hydrogen (secondary N) is 2. The number of benzene rings is 2. The highest BCUT2D eigenvalue weighted by Gasteiger charge is 2.40. The zero-order valence-electron chi connectivity index (χ0n) is 18.4. The van der Waals surface area contributed by atoms with E-state index in [4.69, 9.17) is 11.6 Å². The Bertz CT molecular complexity index is 1170. The van der Waals surface area contributed by atoms with Gasteiger partial charge in [-0.3, -0.25) is 15.2 Å². The number of likely N-dealkylation sites (tertiary alicyclic amines) is 1. The Hall–Kier alpha value is -3.17. The van der Waals surface area contributed by atoms with Crippen molar-refractivity contribution in [2.24, 2.45) is 11.3 Å². The maximum Gasteiger partial charge on any atom is 0.321 e. The number of urea groups is 1. The van der Waals surface area contributed by atoms with Gasteiger partial charge in [0, 0.05) is 46.9 Å². The van der Waals surface area contributed by atoms with Crippen LogP contribution in [0.3, 0.4) is 0 Å². The fourth-order valence-corrected chi connectivity index (χ4v) is 4.82. The number of rotatable bonds is 5. The molecule has 3 aromatic rings. The first-order valence-corrected chi connectivity index (χ1v) is 11.2. The summed E-state index contributed by atoms with van der Waals surface area (Å²) < 4.78 is 0. The number of halogens is 1. The van der Waals surface area contributed by atoms with Crippen molar-refractivity contribution in [2.75, 3.05) is 18.4 Å². The number of carbonyl (C=O) groups excluding carboxylic acids is 1. The van der Waals surface area contributed by atoms with Crippen molar-refractivity contribution in [3.63, 3.8) is 0 Å². The number of non-ortho nitro benzene ring substituents is 1. The van der Waals surface area contributed by atoms with E-state index in [0.29, 0.717) is 23.8 Å². The van der Waals surface area contributed by atoms with Crippen LogP contribution in [-0.4, -0.2) is 44.2 Å². The number of aromatic nitrogens is 2. The van der Waals surface area contributed by atoms with Gasteiger partial charge in [-0.25, -0.2) is 4.79 Å². The highest BCUT2D eigenvalue weighted by molar-refractivity contribution is 6.31. The summed E-state index contributed by atoms with van der Waals surface area (Å²) in [4.78, 5) is 24.7. The Balaban J connectivity index is 1.40. The molecular weight excluding hydrogens is 446 g/mol. The third-order valence-corrected chi connectivity index (χ3v) is 6.93. The molecule has 2 amide bonds. The second-order valence-electron chi connectivity index (χ2n) is 9.05. The molecule has 0 saturated carbocycles. The van der Waals surface area contributed by atoms with Gasteiger partial charge in [-0.2, -0.15) is 5.10 Å². The number of piperidine rings is 1. The van der Waals surface area contributed by atoms with Gasteiger partial charge in [-0.05, 0) is 48.4 Å². The van der Waals surface area contributed by atoms with E-state index in [0.717, 1.165) is 29.3 Å². The third-order valence-electron chi connectivity index (χ3n) is 6.71. The van der Waals surface area contributed by atoms with Crippen LogP contribution in [0.15, 0.2) is 42.6 Å². The van der Waals surface area contributed by atoms with Crippen LogP contribution in [0.25, 0.3) is 10.9 Å². The summed E-state index contributed by atoms with van der Waals surface area (Å²) >= 11 is 6.27. The summed E-state index contributed by atoms with van der Waals surface area (Å²) in [6.07, 6.45) is 2.41. The van der Waals surface area contributed by atoms with Gasteiger partial charge in [0.2, 0.25) is 0 Å². The number of hydrogen-bond donors (Lipinski definition) is 3. The number of fused-ring (bicyclic) bond motifs is 1. The largest absolute Gasteiger partial charge is 0.388 e. The van der Waals surface area contributed by atoms with Gasteiger partial charge < -0.3 is 15.3 Å². The number of H-pyrrole nitrogens is 1. The Labute approximate surface area is 195 Å². The number of carbonyl (C=O) groups is 1. The van der Waals surface area contributed by atoms with Crippen LogP contribution in [0.1, 0.15) is 38.4 Å². The summed E-state index contributed by atoms with van der Waals surface area (Å²) in [7, 11) is 0. The molecule has 2 heterocycles. The lowest BCUT2D eigenvalue weighted by atomic mass is 9.68. The number of aliphatic hydroxyl groups excluding tert-OH is 1. The fraction of sp³-hybridized carbons (Fsp3) is 0.391. The quantitative estimate of drug-likeness (QED) is 0.351. The monoisotopic (exact) mass is 471 g/mol. The molecule has 9 nitrogen and oxygen atoms in total. The summed E-state index contributed by atoms with van der Waals surface area (Å²) in [5, 5.41) is 33.3. The summed E-state index contributed by atoms with van der Waals surface area (Å²) in [5.74, 6) is 0.188. The lowest BCUT2D eigenvalue weighted by Crippen LogP contribution is -2.45. The molecule has 1 atom stereocenters. The minimum atomic E-state index is -0.760. The summed E-state index contributed by atoms with van der Waals surface area (Å²) in [5.41, 5.74) is 1.52. The standard InChI is InChI=1S/C23H26ClN5O4/c1-23(2,21(30)19-12-16(24)11-14-13-25-27-20(14)19)15-7-9-28(10-8-15)22(31)26-17-3-5-18(6-4-17)29(32)33/h3-6,11-13,15,21,30H,7-10H2,1-2H3,(H,25,27)(H,26,31)/t21-/m1/s1. The van der Waals surface area contributed by atoms with E-state index in [1.807, 2.05) is 19.9 Å². The molecule has 0 aliphatic carbocycles. The Morgan fingerprint density at radius 3 is 2.61 bits per heavy atom. The number of amides is 2. The number of nitro benzene ring substituents is 1. The van der Waals surface area contributed by atoms with E-state index in [1.165, 1.54) is 24.3 Å². The number of nitro groups is 1. The van der Waals surface area contributed by atoms with Crippen molar-refractivity contribution in [3.8, 4) is 0 Å². The topological polar surface area (TPSA) is 124 Å². The Morgan fingerprint density at radius 2 is 1.97 bits per heavy atom. The SMILES string of the molecule is CC(C)(C1CCN(C(=O)Nc2ccc([N+](=O)[O-])cc2)CC1)[C@H](O)c1cc(Cl)cc2cn[nH]c12. The van der Waals surface area contributed by atoms with E-state index in [-0.39, 0.29) is 17.6 Å². The molecule has 1 aromatic heterocycles. The average Bonchev–Trinajstić information content (AvgIpc) is 3.26. The number of nitrogens with zero attached hydrogens (tertiary/aromatic N) is 3. The van der Waals surface area contributed by atoms with Gasteiger partial charge in [-0.1, -0.05) is 25.4 Å². The van der Waals surface area contributed by atoms with Gasteiger partial charge in [0.05, 0.1) is 22.7 Å². The lowest BCUT2D eigenvalue weighted by molar-refractivity contribution is -0.384. The first-order valence-electron chi connectivity index (χ1n) is 10.8. The molecular formula is C23H26ClN5O4. The van der Waals surface area contributed by atoms with E-state index in [2.05, 4.69) is 15.5 Å². The maximum atomic E-state index is 12.7. The zero-order valence-corrected chi connectivity index (χ0v) is 19.2. The van der Waals surface area contributed by atoms with Crippen molar-refractivity contribution in [3.05, 3.63) is 63.3 Å². The fourth-order valence-electron chi connectivity index (χ4n) is 4.58. The molecule has 0 radical (unpaired) electrons. The molecule has 3 N–H and O–H groups in total. The van der Waals surface area contributed by atoms with Gasteiger partial charge >= 0.3 is 6.03 Å². The maximum absolute atomic E-state index is 12.7. The van der Waals surface area contributed by atoms with Crippen molar-refractivity contribution >= 4 is 39.9 Å². The van der Waals surface area contributed by atoms with Crippen LogP contribution < -0.4 is 5.32 Å². The molecule has 1 aliphatic heterocycles. The van der Waals surface area contributed by atoms with Gasteiger partial charge in [0.25, 0.3) is 5.69 Å². The van der Waals surface area contributed by atoms with Crippen LogP contribution in [0.2, 0.25) is 5.02 Å². The summed E-state index contributed by atoms with van der Waals surface area (Å²) in [6.45, 7) is 5.18. The van der Waals surface area contributed by atoms with E-state index in [1.54, 1.807) is 17.2 Å². The molecule has 10 heteroatoms. The van der Waals surface area contributed by atoms with Crippen LogP contribution in [-0.2, 0) is 0 Å². The second-order valence-corrected chi connectivity index (χ2v) is 9.49. The zero-order chi connectivity index (χ0) is 23.8. The van der Waals surface area contributed by atoms with Crippen molar-refractivity contribution in [1.82, 2.24) is 15.1 Å². The van der Waals surface area contributed by atoms with Crippen LogP contribution in [0.5, 0.6) is 0 Å². The molecule has 1 fully saturated rings. The van der Waals surface area contributed by atoms with E-state index < -0.39 is 16.4 Å². The number of hydrogen-bond acceptors (Lipinski definition) is 5. The van der Waals surface area contributed by atoms with Crippen molar-refractivity contribution < 1.29 is 14.8 Å².